The number of halogens is 1. The SMILES string of the molecule is CN=C(NCCCc1ccc(C(C)C)cc1)N1CCN(CC(=O)NCCOC)CC1.I. The number of amides is 1. The molecule has 1 aromatic carbocycles. The molecule has 0 bridgehead atoms. The van der Waals surface area contributed by atoms with Gasteiger partial charge in [0.2, 0.25) is 5.91 Å². The number of nitrogens with zero attached hydrogens (tertiary/aromatic N) is 3. The molecule has 176 valence electrons. The highest BCUT2D eigenvalue weighted by Gasteiger charge is 2.20. The fourth-order valence-corrected chi connectivity index (χ4v) is 3.56. The minimum atomic E-state index is 0. The first-order valence-electron chi connectivity index (χ1n) is 11.1. The van der Waals surface area contributed by atoms with E-state index in [0.29, 0.717) is 25.6 Å². The Balaban J connectivity index is 0.00000480. The maximum absolute atomic E-state index is 11.9. The minimum Gasteiger partial charge on any atom is -0.383 e. The zero-order valence-electron chi connectivity index (χ0n) is 19.5. The van der Waals surface area contributed by atoms with Crippen LogP contribution in [0.2, 0.25) is 0 Å². The largest absolute Gasteiger partial charge is 0.383 e. The van der Waals surface area contributed by atoms with Gasteiger partial charge in [-0.15, -0.1) is 24.0 Å². The van der Waals surface area contributed by atoms with Crippen molar-refractivity contribution in [3.05, 3.63) is 35.4 Å². The quantitative estimate of drug-likeness (QED) is 0.205. The standard InChI is InChI=1S/C23H39N5O2.HI/c1-19(2)21-9-7-20(8-10-21)6-5-11-26-23(24-3)28-15-13-27(14-16-28)18-22(29)25-12-17-30-4;/h7-10,19H,5-6,11-18H2,1-4H3,(H,24,26)(H,25,29);1H. The third-order valence-electron chi connectivity index (χ3n) is 5.45. The molecule has 0 atom stereocenters. The van der Waals surface area contributed by atoms with Crippen molar-refractivity contribution in [2.45, 2.75) is 32.6 Å². The monoisotopic (exact) mass is 545 g/mol. The molecule has 1 heterocycles. The molecule has 1 aliphatic heterocycles. The Morgan fingerprint density at radius 1 is 1.10 bits per heavy atom. The number of aliphatic imine (C=N–C) groups is 1. The Morgan fingerprint density at radius 2 is 1.77 bits per heavy atom. The van der Waals surface area contributed by atoms with E-state index in [1.54, 1.807) is 7.11 Å². The predicted molar refractivity (Wildman–Crippen MR) is 139 cm³/mol. The van der Waals surface area contributed by atoms with E-state index in [-0.39, 0.29) is 29.9 Å². The molecule has 1 amide bonds. The first kappa shape index (κ1) is 27.6. The summed E-state index contributed by atoms with van der Waals surface area (Å²) in [5, 5.41) is 6.37. The Morgan fingerprint density at radius 3 is 2.35 bits per heavy atom. The Hall–Kier alpha value is -1.39. The second kappa shape index (κ2) is 15.4. The van der Waals surface area contributed by atoms with Gasteiger partial charge in [0.15, 0.2) is 5.96 Å². The predicted octanol–water partition coefficient (Wildman–Crippen LogP) is 2.32. The van der Waals surface area contributed by atoms with Crippen LogP contribution in [0, 0.1) is 0 Å². The lowest BCUT2D eigenvalue weighted by molar-refractivity contribution is -0.122. The molecule has 0 spiro atoms. The smallest absolute Gasteiger partial charge is 0.234 e. The van der Waals surface area contributed by atoms with Crippen molar-refractivity contribution < 1.29 is 9.53 Å². The van der Waals surface area contributed by atoms with Crippen LogP contribution in [-0.2, 0) is 16.0 Å². The fraction of sp³-hybridized carbons (Fsp3) is 0.652. The van der Waals surface area contributed by atoms with Crippen LogP contribution in [0.25, 0.3) is 0 Å². The summed E-state index contributed by atoms with van der Waals surface area (Å²) in [5.74, 6) is 1.59. The molecule has 0 saturated carbocycles. The number of piperazine rings is 1. The average molecular weight is 546 g/mol. The van der Waals surface area contributed by atoms with E-state index in [2.05, 4.69) is 63.5 Å². The Labute approximate surface area is 205 Å². The molecule has 31 heavy (non-hydrogen) atoms. The number of aryl methyl sites for hydroxylation is 1. The number of methoxy groups -OCH3 is 1. The van der Waals surface area contributed by atoms with Gasteiger partial charge in [-0.1, -0.05) is 38.1 Å². The van der Waals surface area contributed by atoms with Crippen molar-refractivity contribution in [3.63, 3.8) is 0 Å². The second-order valence-corrected chi connectivity index (χ2v) is 8.08. The van der Waals surface area contributed by atoms with Gasteiger partial charge in [0.25, 0.3) is 0 Å². The van der Waals surface area contributed by atoms with Crippen molar-refractivity contribution in [1.29, 1.82) is 0 Å². The van der Waals surface area contributed by atoms with Gasteiger partial charge in [0, 0.05) is 53.4 Å². The average Bonchev–Trinajstić information content (AvgIpc) is 2.75. The molecule has 0 aromatic heterocycles. The Kier molecular flexibility index (Phi) is 13.7. The van der Waals surface area contributed by atoms with Crippen LogP contribution < -0.4 is 10.6 Å². The summed E-state index contributed by atoms with van der Waals surface area (Å²) in [5.41, 5.74) is 2.78. The zero-order valence-corrected chi connectivity index (χ0v) is 21.9. The van der Waals surface area contributed by atoms with Crippen LogP contribution in [0.1, 0.15) is 37.3 Å². The van der Waals surface area contributed by atoms with E-state index in [4.69, 9.17) is 4.74 Å². The molecule has 8 heteroatoms. The number of hydrogen-bond donors (Lipinski definition) is 2. The van der Waals surface area contributed by atoms with Crippen LogP contribution >= 0.6 is 24.0 Å². The molecule has 1 fully saturated rings. The van der Waals surface area contributed by atoms with Gasteiger partial charge in [-0.2, -0.15) is 0 Å². The highest BCUT2D eigenvalue weighted by atomic mass is 127. The number of carbonyl (C=O) groups excluding carboxylic acids is 1. The van der Waals surface area contributed by atoms with Crippen LogP contribution in [0.15, 0.2) is 29.3 Å². The molecule has 0 radical (unpaired) electrons. The molecule has 1 aromatic rings. The molecule has 0 aliphatic carbocycles. The molecule has 2 rings (SSSR count). The number of hydrogen-bond acceptors (Lipinski definition) is 4. The van der Waals surface area contributed by atoms with Crippen molar-refractivity contribution >= 4 is 35.8 Å². The molecular weight excluding hydrogens is 505 g/mol. The number of benzene rings is 1. The summed E-state index contributed by atoms with van der Waals surface area (Å²) in [7, 11) is 3.47. The summed E-state index contributed by atoms with van der Waals surface area (Å²) in [6.07, 6.45) is 2.13. The summed E-state index contributed by atoms with van der Waals surface area (Å²) in [4.78, 5) is 20.8. The van der Waals surface area contributed by atoms with Gasteiger partial charge in [-0.3, -0.25) is 14.7 Å². The maximum atomic E-state index is 11.9. The lowest BCUT2D eigenvalue weighted by Gasteiger charge is -2.36. The fourth-order valence-electron chi connectivity index (χ4n) is 3.56. The first-order valence-corrected chi connectivity index (χ1v) is 11.1. The number of carbonyl (C=O) groups is 1. The number of guanidine groups is 1. The van der Waals surface area contributed by atoms with Crippen LogP contribution in [0.5, 0.6) is 0 Å². The van der Waals surface area contributed by atoms with E-state index >= 15 is 0 Å². The van der Waals surface area contributed by atoms with Crippen molar-refractivity contribution in [1.82, 2.24) is 20.4 Å². The lowest BCUT2D eigenvalue weighted by atomic mass is 10.0. The topological polar surface area (TPSA) is 69.2 Å². The summed E-state index contributed by atoms with van der Waals surface area (Å²) >= 11 is 0. The van der Waals surface area contributed by atoms with Gasteiger partial charge in [-0.05, 0) is 29.9 Å². The van der Waals surface area contributed by atoms with E-state index in [1.165, 1.54) is 11.1 Å². The Bertz CT molecular complexity index is 658. The second-order valence-electron chi connectivity index (χ2n) is 8.08. The van der Waals surface area contributed by atoms with Crippen molar-refractivity contribution in [2.24, 2.45) is 4.99 Å². The molecule has 0 unspecified atom stereocenters. The molecule has 1 saturated heterocycles. The van der Waals surface area contributed by atoms with E-state index < -0.39 is 0 Å². The summed E-state index contributed by atoms with van der Waals surface area (Å²) in [6.45, 7) is 10.4. The zero-order chi connectivity index (χ0) is 21.8. The van der Waals surface area contributed by atoms with Crippen LogP contribution in [-0.4, -0.2) is 88.2 Å². The number of nitrogens with one attached hydrogen (secondary N) is 2. The van der Waals surface area contributed by atoms with Crippen LogP contribution in [0.4, 0.5) is 0 Å². The van der Waals surface area contributed by atoms with Crippen molar-refractivity contribution in [3.8, 4) is 0 Å². The normalized spacial score (nSPS) is 15.0. The highest BCUT2D eigenvalue weighted by molar-refractivity contribution is 14.0. The van der Waals surface area contributed by atoms with Gasteiger partial charge in [0.1, 0.15) is 0 Å². The van der Waals surface area contributed by atoms with Crippen molar-refractivity contribution in [2.75, 3.05) is 66.6 Å². The van der Waals surface area contributed by atoms with E-state index in [1.807, 2.05) is 7.05 Å². The maximum Gasteiger partial charge on any atom is 0.234 e. The number of ether oxygens (including phenoxy) is 1. The van der Waals surface area contributed by atoms with E-state index in [0.717, 1.165) is 51.5 Å². The molecule has 7 nitrogen and oxygen atoms in total. The summed E-state index contributed by atoms with van der Waals surface area (Å²) in [6, 6.07) is 8.97. The van der Waals surface area contributed by atoms with Gasteiger partial charge in [-0.25, -0.2) is 0 Å². The van der Waals surface area contributed by atoms with Crippen LogP contribution in [0.3, 0.4) is 0 Å². The van der Waals surface area contributed by atoms with Gasteiger partial charge < -0.3 is 20.3 Å². The molecule has 1 aliphatic rings. The minimum absolute atomic E-state index is 0. The molecular formula is C23H40IN5O2. The van der Waals surface area contributed by atoms with Gasteiger partial charge >= 0.3 is 0 Å². The first-order chi connectivity index (χ1) is 14.5. The van der Waals surface area contributed by atoms with E-state index in [9.17, 15) is 4.79 Å². The highest BCUT2D eigenvalue weighted by Crippen LogP contribution is 2.15. The lowest BCUT2D eigenvalue weighted by Crippen LogP contribution is -2.54. The third-order valence-corrected chi connectivity index (χ3v) is 5.45. The third kappa shape index (κ3) is 10.2. The number of rotatable bonds is 10. The summed E-state index contributed by atoms with van der Waals surface area (Å²) < 4.78 is 4.96. The molecule has 2 N–H and O–H groups in total. The van der Waals surface area contributed by atoms with Gasteiger partial charge in [0.05, 0.1) is 13.2 Å².